The van der Waals surface area contributed by atoms with Crippen LogP contribution >= 0.6 is 11.3 Å². The number of anilines is 1. The van der Waals surface area contributed by atoms with Crippen molar-refractivity contribution in [2.75, 3.05) is 25.1 Å². The monoisotopic (exact) mass is 246 g/mol. The average Bonchev–Trinajstić information content (AvgIpc) is 2.65. The lowest BCUT2D eigenvalue weighted by Crippen LogP contribution is -2.20. The van der Waals surface area contributed by atoms with E-state index in [1.165, 1.54) is 6.20 Å². The number of nitrogens with zero attached hydrogens (tertiary/aromatic N) is 2. The van der Waals surface area contributed by atoms with Crippen molar-refractivity contribution in [2.45, 2.75) is 0 Å². The maximum Gasteiger partial charge on any atom is 0.345 e. The number of nitrogens with two attached hydrogens (primary N) is 1. The zero-order valence-electron chi connectivity index (χ0n) is 8.21. The quantitative estimate of drug-likeness (QED) is 0.396. The molecule has 1 rings (SSSR count). The van der Waals surface area contributed by atoms with Gasteiger partial charge in [0.1, 0.15) is 12.8 Å². The molecule has 1 heterocycles. The van der Waals surface area contributed by atoms with Crippen LogP contribution in [0.5, 0.6) is 0 Å². The van der Waals surface area contributed by atoms with Crippen LogP contribution in [0.4, 0.5) is 10.1 Å². The van der Waals surface area contributed by atoms with Gasteiger partial charge in [-0.2, -0.15) is 0 Å². The normalized spacial score (nSPS) is 10.0. The molecule has 0 spiro atoms. The maximum atomic E-state index is 10.3. The van der Waals surface area contributed by atoms with Crippen LogP contribution in [0.3, 0.4) is 0 Å². The summed E-state index contributed by atoms with van der Waals surface area (Å²) in [6, 6.07) is 0. The lowest BCUT2D eigenvalue weighted by atomic mass is 10.6. The SMILES string of the molecule is NC(=O)COCCNc1ncc([N+](=O)[O-])s1. The van der Waals surface area contributed by atoms with Gasteiger partial charge >= 0.3 is 5.00 Å². The fraction of sp³-hybridized carbons (Fsp3) is 0.429. The standard InChI is InChI=1S/C7H10N4O4S/c8-5(12)4-15-2-1-9-7-10-3-6(16-7)11(13)14/h3H,1-2,4H2,(H2,8,12)(H,9,10). The lowest BCUT2D eigenvalue weighted by Gasteiger charge is -2.01. The number of nitrogens with one attached hydrogen (secondary N) is 1. The van der Waals surface area contributed by atoms with E-state index in [2.05, 4.69) is 10.3 Å². The van der Waals surface area contributed by atoms with E-state index in [1.807, 2.05) is 0 Å². The molecule has 3 N–H and O–H groups in total. The second-order valence-corrected chi connectivity index (χ2v) is 3.72. The lowest BCUT2D eigenvalue weighted by molar-refractivity contribution is -0.380. The van der Waals surface area contributed by atoms with Gasteiger partial charge in [-0.3, -0.25) is 14.9 Å². The number of aromatic nitrogens is 1. The van der Waals surface area contributed by atoms with Crippen molar-refractivity contribution in [3.63, 3.8) is 0 Å². The minimum Gasteiger partial charge on any atom is -0.370 e. The van der Waals surface area contributed by atoms with Crippen molar-refractivity contribution in [1.29, 1.82) is 0 Å². The van der Waals surface area contributed by atoms with Crippen molar-refractivity contribution in [3.05, 3.63) is 16.3 Å². The van der Waals surface area contributed by atoms with Gasteiger partial charge in [0.05, 0.1) is 11.5 Å². The molecule has 0 fully saturated rings. The first-order chi connectivity index (χ1) is 7.59. The Hall–Kier alpha value is -1.74. The molecule has 9 heteroatoms. The van der Waals surface area contributed by atoms with Crippen LogP contribution in [0.15, 0.2) is 6.20 Å². The molecule has 0 saturated heterocycles. The second kappa shape index (κ2) is 5.98. The molecule has 0 saturated carbocycles. The Balaban J connectivity index is 2.21. The molecule has 1 aromatic rings. The van der Waals surface area contributed by atoms with Crippen LogP contribution in [-0.2, 0) is 9.53 Å². The largest absolute Gasteiger partial charge is 0.370 e. The molecule has 1 aromatic heterocycles. The number of primary amides is 1. The van der Waals surface area contributed by atoms with Crippen LogP contribution in [-0.4, -0.2) is 35.6 Å². The first-order valence-corrected chi connectivity index (χ1v) is 5.11. The molecule has 0 atom stereocenters. The van der Waals surface area contributed by atoms with Crippen molar-refractivity contribution in [2.24, 2.45) is 5.73 Å². The van der Waals surface area contributed by atoms with Crippen LogP contribution < -0.4 is 11.1 Å². The zero-order chi connectivity index (χ0) is 12.0. The maximum absolute atomic E-state index is 10.3. The number of nitro groups is 1. The Bertz CT molecular complexity index is 380. The summed E-state index contributed by atoms with van der Waals surface area (Å²) in [5, 5.41) is 13.6. The molecule has 0 aromatic carbocycles. The topological polar surface area (TPSA) is 120 Å². The summed E-state index contributed by atoms with van der Waals surface area (Å²) in [7, 11) is 0. The van der Waals surface area contributed by atoms with E-state index in [0.29, 0.717) is 11.7 Å². The number of carbonyl (C=O) groups excluding carboxylic acids is 1. The smallest absolute Gasteiger partial charge is 0.345 e. The molecule has 0 aliphatic rings. The molecule has 0 unspecified atom stereocenters. The first-order valence-electron chi connectivity index (χ1n) is 4.29. The van der Waals surface area contributed by atoms with E-state index >= 15 is 0 Å². The molecule has 0 bridgehead atoms. The number of carbonyl (C=O) groups is 1. The van der Waals surface area contributed by atoms with Crippen LogP contribution in [0.1, 0.15) is 0 Å². The van der Waals surface area contributed by atoms with E-state index in [4.69, 9.17) is 10.5 Å². The van der Waals surface area contributed by atoms with Crippen LogP contribution in [0.25, 0.3) is 0 Å². The fourth-order valence-electron chi connectivity index (χ4n) is 0.835. The number of hydrogen-bond donors (Lipinski definition) is 2. The minimum absolute atomic E-state index is 0.0273. The number of amides is 1. The highest BCUT2D eigenvalue weighted by Gasteiger charge is 2.10. The van der Waals surface area contributed by atoms with Gasteiger partial charge in [-0.1, -0.05) is 0 Å². The van der Waals surface area contributed by atoms with Crippen molar-refractivity contribution >= 4 is 27.4 Å². The minimum atomic E-state index is -0.537. The first kappa shape index (κ1) is 12.3. The van der Waals surface area contributed by atoms with Gasteiger partial charge in [-0.25, -0.2) is 4.98 Å². The van der Waals surface area contributed by atoms with E-state index < -0.39 is 10.8 Å². The molecule has 88 valence electrons. The van der Waals surface area contributed by atoms with Crippen LogP contribution in [0.2, 0.25) is 0 Å². The van der Waals surface area contributed by atoms with E-state index in [-0.39, 0.29) is 18.2 Å². The average molecular weight is 246 g/mol. The molecular weight excluding hydrogens is 236 g/mol. The van der Waals surface area contributed by atoms with Gasteiger partial charge in [0.15, 0.2) is 5.13 Å². The summed E-state index contributed by atoms with van der Waals surface area (Å²) in [6.45, 7) is 0.536. The Morgan fingerprint density at radius 1 is 1.75 bits per heavy atom. The Labute approximate surface area is 94.6 Å². The number of hydrogen-bond acceptors (Lipinski definition) is 7. The van der Waals surface area contributed by atoms with Gasteiger partial charge in [0.25, 0.3) is 0 Å². The Kier molecular flexibility index (Phi) is 4.61. The molecular formula is C7H10N4O4S. The summed E-state index contributed by atoms with van der Waals surface area (Å²) >= 11 is 0.937. The van der Waals surface area contributed by atoms with Gasteiger partial charge < -0.3 is 15.8 Å². The number of ether oxygens (including phenoxy) is 1. The molecule has 16 heavy (non-hydrogen) atoms. The zero-order valence-corrected chi connectivity index (χ0v) is 9.03. The summed E-state index contributed by atoms with van der Waals surface area (Å²) in [4.78, 5) is 23.9. The van der Waals surface area contributed by atoms with Gasteiger partial charge in [-0.05, 0) is 11.3 Å². The summed E-state index contributed by atoms with van der Waals surface area (Å²) in [5.41, 5.74) is 4.85. The fourth-order valence-corrected chi connectivity index (χ4v) is 1.49. The van der Waals surface area contributed by atoms with Gasteiger partial charge in [0, 0.05) is 6.54 Å². The third kappa shape index (κ3) is 4.19. The molecule has 0 radical (unpaired) electrons. The van der Waals surface area contributed by atoms with Crippen molar-refractivity contribution in [3.8, 4) is 0 Å². The molecule has 0 aliphatic carbocycles. The van der Waals surface area contributed by atoms with E-state index in [9.17, 15) is 14.9 Å². The molecule has 0 aliphatic heterocycles. The molecule has 1 amide bonds. The predicted octanol–water partition coefficient (Wildman–Crippen LogP) is -0.0349. The van der Waals surface area contributed by atoms with Crippen molar-refractivity contribution < 1.29 is 14.5 Å². The van der Waals surface area contributed by atoms with E-state index in [0.717, 1.165) is 11.3 Å². The Morgan fingerprint density at radius 3 is 3.06 bits per heavy atom. The number of rotatable bonds is 7. The van der Waals surface area contributed by atoms with Crippen LogP contribution in [0, 0.1) is 10.1 Å². The second-order valence-electron chi connectivity index (χ2n) is 2.71. The summed E-state index contributed by atoms with van der Waals surface area (Å²) in [6.07, 6.45) is 1.18. The van der Waals surface area contributed by atoms with E-state index in [1.54, 1.807) is 0 Å². The number of thiazole rings is 1. The molecule has 8 nitrogen and oxygen atoms in total. The summed E-state index contributed by atoms with van der Waals surface area (Å²) < 4.78 is 4.88. The van der Waals surface area contributed by atoms with Crippen molar-refractivity contribution in [1.82, 2.24) is 4.98 Å². The summed E-state index contributed by atoms with van der Waals surface area (Å²) in [5.74, 6) is -0.537. The van der Waals surface area contributed by atoms with Gasteiger partial charge in [0.2, 0.25) is 5.91 Å². The predicted molar refractivity (Wildman–Crippen MR) is 57.3 cm³/mol. The third-order valence-corrected chi connectivity index (χ3v) is 2.35. The highest BCUT2D eigenvalue weighted by molar-refractivity contribution is 7.18. The third-order valence-electron chi connectivity index (χ3n) is 1.44. The highest BCUT2D eigenvalue weighted by Crippen LogP contribution is 2.24. The van der Waals surface area contributed by atoms with Gasteiger partial charge in [-0.15, -0.1) is 0 Å². The highest BCUT2D eigenvalue weighted by atomic mass is 32.1. The Morgan fingerprint density at radius 2 is 2.50 bits per heavy atom.